The SMILES string of the molecule is CCc1ccccc1NC(=O)CCN1C(=S)NC(c2ccccn2)C1c1ccco1. The number of furan rings is 1. The minimum absolute atomic E-state index is 0.0434. The molecule has 30 heavy (non-hydrogen) atoms. The van der Waals surface area contributed by atoms with Crippen LogP contribution in [0.4, 0.5) is 5.69 Å². The number of nitrogens with zero attached hydrogens (tertiary/aromatic N) is 2. The highest BCUT2D eigenvalue weighted by Crippen LogP contribution is 2.38. The molecule has 7 heteroatoms. The Balaban J connectivity index is 1.49. The first-order valence-corrected chi connectivity index (χ1v) is 10.5. The number of hydrogen-bond acceptors (Lipinski definition) is 4. The molecule has 1 amide bonds. The lowest BCUT2D eigenvalue weighted by atomic mass is 10.0. The van der Waals surface area contributed by atoms with Gasteiger partial charge in [0.2, 0.25) is 5.91 Å². The summed E-state index contributed by atoms with van der Waals surface area (Å²) in [4.78, 5) is 19.2. The second-order valence-corrected chi connectivity index (χ2v) is 7.53. The number of carbonyl (C=O) groups is 1. The number of benzene rings is 1. The molecule has 1 saturated heterocycles. The van der Waals surface area contributed by atoms with E-state index in [1.165, 1.54) is 0 Å². The Kier molecular flexibility index (Phi) is 6.09. The van der Waals surface area contributed by atoms with Crippen LogP contribution in [0.2, 0.25) is 0 Å². The molecule has 4 rings (SSSR count). The molecule has 2 N–H and O–H groups in total. The van der Waals surface area contributed by atoms with Gasteiger partial charge in [0, 0.05) is 24.8 Å². The lowest BCUT2D eigenvalue weighted by Gasteiger charge is -2.25. The van der Waals surface area contributed by atoms with E-state index in [1.54, 1.807) is 12.5 Å². The molecule has 3 heterocycles. The number of aromatic nitrogens is 1. The Morgan fingerprint density at radius 2 is 2.03 bits per heavy atom. The number of rotatable bonds is 7. The zero-order valence-corrected chi connectivity index (χ0v) is 17.6. The fourth-order valence-corrected chi connectivity index (χ4v) is 4.13. The van der Waals surface area contributed by atoms with Gasteiger partial charge in [0.05, 0.1) is 18.0 Å². The van der Waals surface area contributed by atoms with E-state index >= 15 is 0 Å². The molecule has 1 aliphatic rings. The largest absolute Gasteiger partial charge is 0.467 e. The summed E-state index contributed by atoms with van der Waals surface area (Å²) in [5.41, 5.74) is 2.86. The van der Waals surface area contributed by atoms with Crippen LogP contribution in [0.5, 0.6) is 0 Å². The molecule has 0 spiro atoms. The van der Waals surface area contributed by atoms with Crippen molar-refractivity contribution in [2.24, 2.45) is 0 Å². The first-order valence-electron chi connectivity index (χ1n) is 10.1. The van der Waals surface area contributed by atoms with Gasteiger partial charge in [-0.25, -0.2) is 0 Å². The van der Waals surface area contributed by atoms with Gasteiger partial charge in [-0.3, -0.25) is 9.78 Å². The zero-order valence-electron chi connectivity index (χ0n) is 16.7. The lowest BCUT2D eigenvalue weighted by molar-refractivity contribution is -0.116. The summed E-state index contributed by atoms with van der Waals surface area (Å²) < 4.78 is 5.71. The fraction of sp³-hybridized carbons (Fsp3) is 0.261. The van der Waals surface area contributed by atoms with Crippen molar-refractivity contribution in [2.45, 2.75) is 31.8 Å². The number of hydrogen-bond donors (Lipinski definition) is 2. The number of nitrogens with one attached hydrogen (secondary N) is 2. The van der Waals surface area contributed by atoms with E-state index in [0.29, 0.717) is 18.1 Å². The van der Waals surface area contributed by atoms with Gasteiger partial charge >= 0.3 is 0 Å². The fourth-order valence-electron chi connectivity index (χ4n) is 3.80. The average molecular weight is 421 g/mol. The molecule has 3 aromatic rings. The Morgan fingerprint density at radius 3 is 2.77 bits per heavy atom. The van der Waals surface area contributed by atoms with E-state index in [-0.39, 0.29) is 18.0 Å². The van der Waals surface area contributed by atoms with E-state index in [2.05, 4.69) is 22.5 Å². The van der Waals surface area contributed by atoms with Crippen molar-refractivity contribution >= 4 is 28.9 Å². The van der Waals surface area contributed by atoms with Gasteiger partial charge < -0.3 is 20.0 Å². The highest BCUT2D eigenvalue weighted by molar-refractivity contribution is 7.80. The van der Waals surface area contributed by atoms with E-state index in [1.807, 2.05) is 59.5 Å². The first kappa shape index (κ1) is 20.1. The van der Waals surface area contributed by atoms with Crippen molar-refractivity contribution < 1.29 is 9.21 Å². The normalized spacial score (nSPS) is 18.3. The van der Waals surface area contributed by atoms with Gasteiger partial charge in [0.1, 0.15) is 11.8 Å². The van der Waals surface area contributed by atoms with Crippen LogP contribution >= 0.6 is 12.2 Å². The first-order chi connectivity index (χ1) is 14.7. The maximum absolute atomic E-state index is 12.7. The second kappa shape index (κ2) is 9.09. The highest BCUT2D eigenvalue weighted by Gasteiger charge is 2.41. The molecular weight excluding hydrogens is 396 g/mol. The minimum atomic E-state index is -0.168. The molecule has 0 saturated carbocycles. The summed E-state index contributed by atoms with van der Waals surface area (Å²) in [6.45, 7) is 2.55. The number of amides is 1. The van der Waals surface area contributed by atoms with Gasteiger partial charge in [-0.15, -0.1) is 0 Å². The van der Waals surface area contributed by atoms with Crippen molar-refractivity contribution in [3.63, 3.8) is 0 Å². The van der Waals surface area contributed by atoms with Crippen molar-refractivity contribution in [2.75, 3.05) is 11.9 Å². The molecule has 0 aliphatic carbocycles. The van der Waals surface area contributed by atoms with Crippen LogP contribution in [0.25, 0.3) is 0 Å². The summed E-state index contributed by atoms with van der Waals surface area (Å²) in [6, 6.07) is 17.1. The van der Waals surface area contributed by atoms with Crippen molar-refractivity contribution in [1.82, 2.24) is 15.2 Å². The van der Waals surface area contributed by atoms with Gasteiger partial charge in [-0.05, 0) is 54.5 Å². The predicted octanol–water partition coefficient (Wildman–Crippen LogP) is 4.24. The molecule has 2 atom stereocenters. The predicted molar refractivity (Wildman–Crippen MR) is 120 cm³/mol. The van der Waals surface area contributed by atoms with Crippen LogP contribution in [0.15, 0.2) is 71.5 Å². The summed E-state index contributed by atoms with van der Waals surface area (Å²) in [7, 11) is 0. The number of anilines is 1. The number of thiocarbonyl (C=S) groups is 1. The highest BCUT2D eigenvalue weighted by atomic mass is 32.1. The standard InChI is InChI=1S/C23H24N4O2S/c1-2-16-8-3-4-9-17(16)25-20(28)12-14-27-22(19-11-7-15-29-19)21(26-23(27)30)18-10-5-6-13-24-18/h3-11,13,15,21-22H,2,12,14H2,1H3,(H,25,28)(H,26,30). The van der Waals surface area contributed by atoms with Crippen molar-refractivity contribution in [3.05, 3.63) is 84.1 Å². The van der Waals surface area contributed by atoms with Crippen LogP contribution in [-0.2, 0) is 11.2 Å². The van der Waals surface area contributed by atoms with E-state index < -0.39 is 0 Å². The topological polar surface area (TPSA) is 70.4 Å². The molecule has 1 aliphatic heterocycles. The molecule has 2 unspecified atom stereocenters. The Morgan fingerprint density at radius 1 is 1.20 bits per heavy atom. The van der Waals surface area contributed by atoms with Crippen molar-refractivity contribution in [1.29, 1.82) is 0 Å². The van der Waals surface area contributed by atoms with E-state index in [4.69, 9.17) is 16.6 Å². The quantitative estimate of drug-likeness (QED) is 0.557. The number of aryl methyl sites for hydroxylation is 1. The number of para-hydroxylation sites is 1. The second-order valence-electron chi connectivity index (χ2n) is 7.14. The van der Waals surface area contributed by atoms with Crippen LogP contribution in [-0.4, -0.2) is 27.4 Å². The number of pyridine rings is 1. The molecule has 1 aromatic carbocycles. The van der Waals surface area contributed by atoms with Gasteiger partial charge in [-0.2, -0.15) is 0 Å². The smallest absolute Gasteiger partial charge is 0.226 e. The number of carbonyl (C=O) groups excluding carboxylic acids is 1. The summed E-state index contributed by atoms with van der Waals surface area (Å²) in [5, 5.41) is 6.97. The van der Waals surface area contributed by atoms with Gasteiger partial charge in [0.25, 0.3) is 0 Å². The summed E-state index contributed by atoms with van der Waals surface area (Å²) in [6.07, 6.45) is 4.59. The average Bonchev–Trinajstić information content (AvgIpc) is 3.41. The monoisotopic (exact) mass is 420 g/mol. The Bertz CT molecular complexity index is 1010. The lowest BCUT2D eigenvalue weighted by Crippen LogP contribution is -2.32. The summed E-state index contributed by atoms with van der Waals surface area (Å²) >= 11 is 5.60. The van der Waals surface area contributed by atoms with Crippen LogP contribution in [0.3, 0.4) is 0 Å². The van der Waals surface area contributed by atoms with Crippen molar-refractivity contribution in [3.8, 4) is 0 Å². The molecule has 6 nitrogen and oxygen atoms in total. The molecule has 0 bridgehead atoms. The van der Waals surface area contributed by atoms with Gasteiger partial charge in [-0.1, -0.05) is 31.2 Å². The third kappa shape index (κ3) is 4.21. The maximum atomic E-state index is 12.7. The molecular formula is C23H24N4O2S. The Hall–Kier alpha value is -3.19. The third-order valence-corrected chi connectivity index (χ3v) is 5.64. The summed E-state index contributed by atoms with van der Waals surface area (Å²) in [5.74, 6) is 0.743. The van der Waals surface area contributed by atoms with Gasteiger partial charge in [0.15, 0.2) is 5.11 Å². The van der Waals surface area contributed by atoms with E-state index in [9.17, 15) is 4.79 Å². The van der Waals surface area contributed by atoms with Crippen LogP contribution < -0.4 is 10.6 Å². The van der Waals surface area contributed by atoms with E-state index in [0.717, 1.165) is 29.1 Å². The molecule has 1 fully saturated rings. The zero-order chi connectivity index (χ0) is 20.9. The maximum Gasteiger partial charge on any atom is 0.226 e. The molecule has 154 valence electrons. The molecule has 2 aromatic heterocycles. The molecule has 0 radical (unpaired) electrons. The third-order valence-electron chi connectivity index (χ3n) is 5.28. The minimum Gasteiger partial charge on any atom is -0.467 e. The van der Waals surface area contributed by atoms with Crippen LogP contribution in [0, 0.1) is 0 Å². The van der Waals surface area contributed by atoms with Crippen LogP contribution in [0.1, 0.15) is 42.4 Å². The Labute approximate surface area is 181 Å².